The maximum atomic E-state index is 12.7. The molecule has 0 N–H and O–H groups in total. The third kappa shape index (κ3) is 4.39. The van der Waals surface area contributed by atoms with Gasteiger partial charge in [0, 0.05) is 8.95 Å². The second-order valence-electron chi connectivity index (χ2n) is 5.62. The van der Waals surface area contributed by atoms with E-state index < -0.39 is 0 Å². The van der Waals surface area contributed by atoms with Crippen molar-refractivity contribution < 1.29 is 19.1 Å². The summed E-state index contributed by atoms with van der Waals surface area (Å²) in [4.78, 5) is 26.7. The van der Waals surface area contributed by atoms with E-state index in [1.807, 2.05) is 24.3 Å². The molecule has 0 unspecified atom stereocenters. The maximum Gasteiger partial charge on any atom is 0.293 e. The molecule has 2 amide bonds. The van der Waals surface area contributed by atoms with E-state index >= 15 is 0 Å². The summed E-state index contributed by atoms with van der Waals surface area (Å²) in [7, 11) is 3.10. The van der Waals surface area contributed by atoms with Crippen LogP contribution in [0.4, 0.5) is 4.79 Å². The summed E-state index contributed by atoms with van der Waals surface area (Å²) in [5.74, 6) is 0.806. The predicted molar refractivity (Wildman–Crippen MR) is 113 cm³/mol. The zero-order chi connectivity index (χ0) is 19.6. The quantitative estimate of drug-likeness (QED) is 0.497. The number of carbonyl (C=O) groups excluding carboxylic acids is 2. The molecule has 8 heteroatoms. The Morgan fingerprint density at radius 1 is 1.04 bits per heavy atom. The van der Waals surface area contributed by atoms with E-state index in [9.17, 15) is 9.59 Å². The fourth-order valence-corrected chi connectivity index (χ4v) is 4.06. The molecule has 1 saturated heterocycles. The van der Waals surface area contributed by atoms with Gasteiger partial charge in [-0.3, -0.25) is 14.5 Å². The Hall–Kier alpha value is -1.77. The number of hydrogen-bond acceptors (Lipinski definition) is 5. The minimum Gasteiger partial charge on any atom is -0.493 e. The Morgan fingerprint density at radius 2 is 1.67 bits per heavy atom. The molecule has 0 aliphatic carbocycles. The number of nitrogens with zero attached hydrogens (tertiary/aromatic N) is 1. The third-order valence-corrected chi connectivity index (χ3v) is 6.04. The normalized spacial score (nSPS) is 15.6. The first-order chi connectivity index (χ1) is 12.9. The average Bonchev–Trinajstić information content (AvgIpc) is 2.92. The van der Waals surface area contributed by atoms with Gasteiger partial charge in [-0.05, 0) is 53.2 Å². The molecular weight excluding hydrogens is 498 g/mol. The minimum atomic E-state index is -0.311. The lowest BCUT2D eigenvalue weighted by atomic mass is 10.1. The summed E-state index contributed by atoms with van der Waals surface area (Å²) in [5.41, 5.74) is 1.61. The Bertz CT molecular complexity index is 928. The molecule has 0 radical (unpaired) electrons. The second kappa shape index (κ2) is 8.50. The number of methoxy groups -OCH3 is 2. The lowest BCUT2D eigenvalue weighted by molar-refractivity contribution is -0.123. The molecule has 1 heterocycles. The molecule has 0 atom stereocenters. The zero-order valence-corrected chi connectivity index (χ0v) is 18.5. The van der Waals surface area contributed by atoms with Crippen molar-refractivity contribution in [3.8, 4) is 11.5 Å². The molecule has 140 valence electrons. The summed E-state index contributed by atoms with van der Waals surface area (Å²) >= 11 is 7.77. The number of halogens is 2. The highest BCUT2D eigenvalue weighted by atomic mass is 79.9. The second-order valence-corrected chi connectivity index (χ2v) is 8.39. The van der Waals surface area contributed by atoms with Gasteiger partial charge in [0.25, 0.3) is 11.1 Å². The molecule has 1 aliphatic heterocycles. The highest BCUT2D eigenvalue weighted by Gasteiger charge is 2.35. The molecule has 27 heavy (non-hydrogen) atoms. The van der Waals surface area contributed by atoms with Gasteiger partial charge in [0.15, 0.2) is 11.5 Å². The van der Waals surface area contributed by atoms with Crippen LogP contribution in [-0.2, 0) is 11.3 Å². The van der Waals surface area contributed by atoms with E-state index in [0.29, 0.717) is 16.4 Å². The van der Waals surface area contributed by atoms with Crippen LogP contribution in [0, 0.1) is 0 Å². The topological polar surface area (TPSA) is 55.8 Å². The molecular formula is C19H15Br2NO4S. The Balaban J connectivity index is 1.87. The van der Waals surface area contributed by atoms with Gasteiger partial charge in [-0.15, -0.1) is 0 Å². The number of benzene rings is 2. The van der Waals surface area contributed by atoms with E-state index in [4.69, 9.17) is 9.47 Å². The van der Waals surface area contributed by atoms with Gasteiger partial charge in [-0.1, -0.05) is 44.0 Å². The molecule has 3 rings (SSSR count). The van der Waals surface area contributed by atoms with Crippen molar-refractivity contribution in [1.29, 1.82) is 0 Å². The van der Waals surface area contributed by atoms with Crippen LogP contribution in [-0.4, -0.2) is 30.3 Å². The van der Waals surface area contributed by atoms with E-state index in [1.54, 1.807) is 32.4 Å². The number of amides is 2. The van der Waals surface area contributed by atoms with Crippen molar-refractivity contribution in [3.63, 3.8) is 0 Å². The highest BCUT2D eigenvalue weighted by Crippen LogP contribution is 2.38. The van der Waals surface area contributed by atoms with Crippen molar-refractivity contribution in [2.45, 2.75) is 6.54 Å². The monoisotopic (exact) mass is 511 g/mol. The van der Waals surface area contributed by atoms with Crippen LogP contribution in [0.5, 0.6) is 11.5 Å². The smallest absolute Gasteiger partial charge is 0.293 e. The first-order valence-corrected chi connectivity index (χ1v) is 10.2. The fourth-order valence-electron chi connectivity index (χ4n) is 2.53. The van der Waals surface area contributed by atoms with Crippen LogP contribution in [0.15, 0.2) is 50.2 Å². The van der Waals surface area contributed by atoms with Gasteiger partial charge in [-0.2, -0.15) is 0 Å². The Labute approximate surface area is 178 Å². The summed E-state index contributed by atoms with van der Waals surface area (Å²) in [6, 6.07) is 11.0. The van der Waals surface area contributed by atoms with Gasteiger partial charge >= 0.3 is 0 Å². The minimum absolute atomic E-state index is 0.238. The number of thioether (sulfide) groups is 1. The van der Waals surface area contributed by atoms with E-state index in [0.717, 1.165) is 31.8 Å². The van der Waals surface area contributed by atoms with E-state index in [-0.39, 0.29) is 17.7 Å². The maximum absolute atomic E-state index is 12.7. The average molecular weight is 513 g/mol. The number of imide groups is 1. The molecule has 0 bridgehead atoms. The number of rotatable bonds is 5. The van der Waals surface area contributed by atoms with Gasteiger partial charge in [0.1, 0.15) is 0 Å². The van der Waals surface area contributed by atoms with Crippen LogP contribution < -0.4 is 9.47 Å². The van der Waals surface area contributed by atoms with E-state index in [2.05, 4.69) is 31.9 Å². The van der Waals surface area contributed by atoms with Crippen LogP contribution in [0.2, 0.25) is 0 Å². The fraction of sp³-hybridized carbons (Fsp3) is 0.158. The summed E-state index contributed by atoms with van der Waals surface area (Å²) < 4.78 is 12.2. The molecule has 2 aromatic rings. The van der Waals surface area contributed by atoms with Crippen LogP contribution in [0.25, 0.3) is 6.08 Å². The van der Waals surface area contributed by atoms with E-state index in [1.165, 1.54) is 4.90 Å². The molecule has 5 nitrogen and oxygen atoms in total. The summed E-state index contributed by atoms with van der Waals surface area (Å²) in [6.45, 7) is 0.238. The van der Waals surface area contributed by atoms with Crippen molar-refractivity contribution in [1.82, 2.24) is 4.90 Å². The van der Waals surface area contributed by atoms with Crippen molar-refractivity contribution in [2.75, 3.05) is 14.2 Å². The first kappa shape index (κ1) is 20.0. The Morgan fingerprint density at radius 3 is 2.30 bits per heavy atom. The van der Waals surface area contributed by atoms with Gasteiger partial charge in [0.2, 0.25) is 0 Å². The van der Waals surface area contributed by atoms with Crippen LogP contribution in [0.1, 0.15) is 11.1 Å². The van der Waals surface area contributed by atoms with Crippen molar-refractivity contribution in [3.05, 3.63) is 61.4 Å². The predicted octanol–water partition coefficient (Wildman–Crippen LogP) is 5.47. The molecule has 0 aromatic heterocycles. The zero-order valence-electron chi connectivity index (χ0n) is 14.5. The molecule has 2 aromatic carbocycles. The van der Waals surface area contributed by atoms with Gasteiger partial charge < -0.3 is 9.47 Å². The SMILES string of the molecule is COc1cc(Br)c(/C=C2\SC(=O)N(Cc3ccc(Br)cc3)C2=O)cc1OC. The highest BCUT2D eigenvalue weighted by molar-refractivity contribution is 9.10. The largest absolute Gasteiger partial charge is 0.493 e. The molecule has 0 saturated carbocycles. The lowest BCUT2D eigenvalue weighted by Crippen LogP contribution is -2.27. The molecule has 0 spiro atoms. The van der Waals surface area contributed by atoms with Gasteiger partial charge in [0.05, 0.1) is 25.7 Å². The number of ether oxygens (including phenoxy) is 2. The standard InChI is InChI=1S/C19H15Br2NO4S/c1-25-15-7-12(14(21)9-16(15)26-2)8-17-18(23)22(19(24)27-17)10-11-3-5-13(20)6-4-11/h3-9H,10H2,1-2H3/b17-8-. The molecule has 1 aliphatic rings. The first-order valence-electron chi connectivity index (χ1n) is 7.84. The van der Waals surface area contributed by atoms with Crippen molar-refractivity contribution in [2.24, 2.45) is 0 Å². The van der Waals surface area contributed by atoms with Crippen LogP contribution >= 0.6 is 43.6 Å². The Kier molecular flexibility index (Phi) is 6.29. The molecule has 1 fully saturated rings. The van der Waals surface area contributed by atoms with Gasteiger partial charge in [-0.25, -0.2) is 0 Å². The van der Waals surface area contributed by atoms with Crippen LogP contribution in [0.3, 0.4) is 0 Å². The number of carbonyl (C=O) groups is 2. The van der Waals surface area contributed by atoms with Crippen molar-refractivity contribution >= 4 is 60.8 Å². The number of hydrogen-bond donors (Lipinski definition) is 0. The summed E-state index contributed by atoms with van der Waals surface area (Å²) in [5, 5.41) is -0.286. The lowest BCUT2D eigenvalue weighted by Gasteiger charge is -2.12. The third-order valence-electron chi connectivity index (χ3n) is 3.92. The summed E-state index contributed by atoms with van der Waals surface area (Å²) in [6.07, 6.45) is 1.68.